The monoisotopic (exact) mass is 243 g/mol. The highest BCUT2D eigenvalue weighted by molar-refractivity contribution is 5.38. The third kappa shape index (κ3) is 1.78. The molecule has 1 N–H and O–H groups in total. The first kappa shape index (κ1) is 11.3. The van der Waals surface area contributed by atoms with E-state index in [-0.39, 0.29) is 12.1 Å². The fourth-order valence-corrected chi connectivity index (χ4v) is 2.55. The van der Waals surface area contributed by atoms with Crippen molar-refractivity contribution in [3.8, 4) is 5.75 Å². The molecular weight excluding hydrogens is 226 g/mol. The average molecular weight is 243 g/mol. The molecule has 1 aromatic carbocycles. The van der Waals surface area contributed by atoms with Gasteiger partial charge in [-0.2, -0.15) is 0 Å². The van der Waals surface area contributed by atoms with Gasteiger partial charge in [-0.25, -0.2) is 4.98 Å². The Bertz CT molecular complexity index is 524. The minimum absolute atomic E-state index is 0.105. The zero-order valence-electron chi connectivity index (χ0n) is 10.6. The number of likely N-dealkylation sites (N-methyl/N-ethyl adjacent to an activating group) is 1. The summed E-state index contributed by atoms with van der Waals surface area (Å²) in [7, 11) is 3.96. The van der Waals surface area contributed by atoms with Gasteiger partial charge in [0, 0.05) is 25.9 Å². The predicted molar refractivity (Wildman–Crippen MR) is 69.6 cm³/mol. The van der Waals surface area contributed by atoms with Crippen LogP contribution in [0.1, 0.15) is 17.4 Å². The van der Waals surface area contributed by atoms with Crippen molar-refractivity contribution in [2.24, 2.45) is 7.05 Å². The zero-order valence-corrected chi connectivity index (χ0v) is 10.6. The van der Waals surface area contributed by atoms with Crippen LogP contribution in [0.25, 0.3) is 0 Å². The van der Waals surface area contributed by atoms with Gasteiger partial charge in [-0.3, -0.25) is 0 Å². The standard InChI is InChI=1S/C14H17N3O/c1-15-13(14-16-7-8-17(14)2)12-9-10-5-3-4-6-11(10)18-12/h3-8,12-13,15H,9H2,1-2H3. The van der Waals surface area contributed by atoms with E-state index in [2.05, 4.69) is 22.4 Å². The molecule has 3 rings (SSSR count). The Morgan fingerprint density at radius 2 is 2.28 bits per heavy atom. The third-order valence-corrected chi connectivity index (χ3v) is 3.49. The van der Waals surface area contributed by atoms with E-state index in [4.69, 9.17) is 4.74 Å². The number of aryl methyl sites for hydroxylation is 1. The molecule has 0 saturated carbocycles. The van der Waals surface area contributed by atoms with Crippen LogP contribution in [0.5, 0.6) is 5.75 Å². The molecule has 4 nitrogen and oxygen atoms in total. The van der Waals surface area contributed by atoms with Gasteiger partial charge in [0.1, 0.15) is 23.7 Å². The summed E-state index contributed by atoms with van der Waals surface area (Å²) in [5.74, 6) is 2.01. The molecule has 2 aromatic rings. The Balaban J connectivity index is 1.86. The maximum absolute atomic E-state index is 6.02. The molecule has 2 atom stereocenters. The van der Waals surface area contributed by atoms with Gasteiger partial charge in [0.05, 0.1) is 0 Å². The normalized spacial score (nSPS) is 19.3. The van der Waals surface area contributed by atoms with E-state index in [1.807, 2.05) is 43.2 Å². The molecule has 1 aliphatic rings. The average Bonchev–Trinajstić information content (AvgIpc) is 2.97. The predicted octanol–water partition coefficient (Wildman–Crippen LogP) is 1.68. The van der Waals surface area contributed by atoms with Crippen LogP contribution in [-0.4, -0.2) is 22.7 Å². The third-order valence-electron chi connectivity index (χ3n) is 3.49. The molecule has 1 aliphatic heterocycles. The van der Waals surface area contributed by atoms with Gasteiger partial charge in [0.25, 0.3) is 0 Å². The van der Waals surface area contributed by atoms with Gasteiger partial charge in [-0.15, -0.1) is 0 Å². The summed E-state index contributed by atoms with van der Waals surface area (Å²) in [6.45, 7) is 0. The Labute approximate surface area is 107 Å². The highest BCUT2D eigenvalue weighted by atomic mass is 16.5. The number of ether oxygens (including phenoxy) is 1. The number of para-hydroxylation sites is 1. The number of rotatable bonds is 3. The molecule has 0 fully saturated rings. The van der Waals surface area contributed by atoms with Crippen LogP contribution in [0.4, 0.5) is 0 Å². The van der Waals surface area contributed by atoms with Crippen LogP contribution in [0.15, 0.2) is 36.7 Å². The van der Waals surface area contributed by atoms with E-state index in [1.165, 1.54) is 5.56 Å². The molecule has 0 spiro atoms. The van der Waals surface area contributed by atoms with E-state index in [0.29, 0.717) is 0 Å². The van der Waals surface area contributed by atoms with Crippen molar-refractivity contribution in [1.29, 1.82) is 0 Å². The maximum atomic E-state index is 6.02. The Morgan fingerprint density at radius 3 is 2.94 bits per heavy atom. The van der Waals surface area contributed by atoms with Crippen molar-refractivity contribution < 1.29 is 4.74 Å². The second-order valence-electron chi connectivity index (χ2n) is 4.63. The molecular formula is C14H17N3O. The van der Waals surface area contributed by atoms with Gasteiger partial charge in [0.2, 0.25) is 0 Å². The summed E-state index contributed by atoms with van der Waals surface area (Å²) in [5, 5.41) is 3.31. The summed E-state index contributed by atoms with van der Waals surface area (Å²) in [5.41, 5.74) is 1.27. The molecule has 94 valence electrons. The second-order valence-corrected chi connectivity index (χ2v) is 4.63. The number of aromatic nitrogens is 2. The van der Waals surface area contributed by atoms with Crippen molar-refractivity contribution in [2.45, 2.75) is 18.6 Å². The van der Waals surface area contributed by atoms with Crippen LogP contribution < -0.4 is 10.1 Å². The zero-order chi connectivity index (χ0) is 12.5. The summed E-state index contributed by atoms with van der Waals surface area (Å²) in [4.78, 5) is 4.41. The SMILES string of the molecule is CNC(c1nccn1C)C1Cc2ccccc2O1. The smallest absolute Gasteiger partial charge is 0.129 e. The highest BCUT2D eigenvalue weighted by Crippen LogP contribution is 2.33. The topological polar surface area (TPSA) is 39.1 Å². The molecule has 1 aromatic heterocycles. The number of fused-ring (bicyclic) bond motifs is 1. The summed E-state index contributed by atoms with van der Waals surface area (Å²) in [6.07, 6.45) is 4.81. The van der Waals surface area contributed by atoms with Gasteiger partial charge in [-0.05, 0) is 18.7 Å². The second kappa shape index (κ2) is 4.46. The molecule has 2 heterocycles. The van der Waals surface area contributed by atoms with E-state index in [1.54, 1.807) is 0 Å². The van der Waals surface area contributed by atoms with Gasteiger partial charge in [-0.1, -0.05) is 18.2 Å². The largest absolute Gasteiger partial charge is 0.488 e. The van der Waals surface area contributed by atoms with Crippen molar-refractivity contribution >= 4 is 0 Å². The summed E-state index contributed by atoms with van der Waals surface area (Å²) >= 11 is 0. The number of nitrogens with one attached hydrogen (secondary N) is 1. The lowest BCUT2D eigenvalue weighted by atomic mass is 10.0. The first-order valence-corrected chi connectivity index (χ1v) is 6.18. The molecule has 0 amide bonds. The van der Waals surface area contributed by atoms with E-state index < -0.39 is 0 Å². The lowest BCUT2D eigenvalue weighted by molar-refractivity contribution is 0.177. The lowest BCUT2D eigenvalue weighted by Crippen LogP contribution is -2.34. The van der Waals surface area contributed by atoms with Crippen LogP contribution >= 0.6 is 0 Å². The quantitative estimate of drug-likeness (QED) is 0.891. The van der Waals surface area contributed by atoms with Crippen LogP contribution in [-0.2, 0) is 13.5 Å². The van der Waals surface area contributed by atoms with Crippen molar-refractivity contribution in [1.82, 2.24) is 14.9 Å². The van der Waals surface area contributed by atoms with Crippen molar-refractivity contribution in [3.05, 3.63) is 48.0 Å². The van der Waals surface area contributed by atoms with Crippen LogP contribution in [0.3, 0.4) is 0 Å². The number of hydrogen-bond acceptors (Lipinski definition) is 3. The molecule has 18 heavy (non-hydrogen) atoms. The Hall–Kier alpha value is -1.81. The lowest BCUT2D eigenvalue weighted by Gasteiger charge is -2.22. The Morgan fingerprint density at radius 1 is 1.44 bits per heavy atom. The first-order chi connectivity index (χ1) is 8.79. The van der Waals surface area contributed by atoms with Gasteiger partial charge < -0.3 is 14.6 Å². The summed E-state index contributed by atoms with van der Waals surface area (Å²) < 4.78 is 8.06. The minimum atomic E-state index is 0.105. The van der Waals surface area contributed by atoms with E-state index in [0.717, 1.165) is 18.0 Å². The van der Waals surface area contributed by atoms with Gasteiger partial charge in [0.15, 0.2) is 0 Å². The van der Waals surface area contributed by atoms with Crippen molar-refractivity contribution in [3.63, 3.8) is 0 Å². The molecule has 0 bridgehead atoms. The van der Waals surface area contributed by atoms with Crippen LogP contribution in [0, 0.1) is 0 Å². The maximum Gasteiger partial charge on any atom is 0.129 e. The minimum Gasteiger partial charge on any atom is -0.488 e. The fourth-order valence-electron chi connectivity index (χ4n) is 2.55. The van der Waals surface area contributed by atoms with E-state index in [9.17, 15) is 0 Å². The number of hydrogen-bond donors (Lipinski definition) is 1. The number of imidazole rings is 1. The highest BCUT2D eigenvalue weighted by Gasteiger charge is 2.32. The number of benzene rings is 1. The van der Waals surface area contributed by atoms with Crippen molar-refractivity contribution in [2.75, 3.05) is 7.05 Å². The number of nitrogens with zero attached hydrogens (tertiary/aromatic N) is 2. The summed E-state index contributed by atoms with van der Waals surface area (Å²) in [6, 6.07) is 8.33. The van der Waals surface area contributed by atoms with E-state index >= 15 is 0 Å². The fraction of sp³-hybridized carbons (Fsp3) is 0.357. The molecule has 2 unspecified atom stereocenters. The first-order valence-electron chi connectivity index (χ1n) is 6.18. The molecule has 0 radical (unpaired) electrons. The van der Waals surface area contributed by atoms with Gasteiger partial charge >= 0.3 is 0 Å². The van der Waals surface area contributed by atoms with Crippen LogP contribution in [0.2, 0.25) is 0 Å². The molecule has 0 aliphatic carbocycles. The Kier molecular flexibility index (Phi) is 2.80. The molecule has 4 heteroatoms. The molecule has 0 saturated heterocycles.